The van der Waals surface area contributed by atoms with Gasteiger partial charge in [-0.2, -0.15) is 0 Å². The molecule has 4 nitrogen and oxygen atoms in total. The summed E-state index contributed by atoms with van der Waals surface area (Å²) in [6.45, 7) is 1.43. The molecule has 2 N–H and O–H groups in total. The largest absolute Gasteiger partial charge is 0.396 e. The second-order valence-corrected chi connectivity index (χ2v) is 7.80. The number of aliphatic hydroxyl groups is 1. The Morgan fingerprint density at radius 3 is 1.89 bits per heavy atom. The van der Waals surface area contributed by atoms with Crippen molar-refractivity contribution in [3.05, 3.63) is 0 Å². The topological polar surface area (TPSA) is 58.9 Å². The molecule has 0 fully saturated rings. The summed E-state index contributed by atoms with van der Waals surface area (Å²) >= 11 is 4.88. The Labute approximate surface area is 122 Å². The molecule has 0 aromatic rings. The van der Waals surface area contributed by atoms with Crippen LogP contribution < -0.4 is 0 Å². The Kier molecular flexibility index (Phi) is 12.6. The zero-order chi connectivity index (χ0) is 14.6. The van der Waals surface area contributed by atoms with Crippen LogP contribution in [0.5, 0.6) is 0 Å². The zero-order valence-electron chi connectivity index (χ0n) is 12.2. The van der Waals surface area contributed by atoms with Gasteiger partial charge in [-0.25, -0.2) is 0 Å². The monoisotopic (exact) mass is 312 g/mol. The van der Waals surface area contributed by atoms with Crippen molar-refractivity contribution >= 4 is 18.5 Å². The van der Waals surface area contributed by atoms with Crippen LogP contribution in [0.3, 0.4) is 0 Å². The van der Waals surface area contributed by atoms with Gasteiger partial charge in [-0.05, 0) is 38.5 Å². The lowest BCUT2D eigenvalue weighted by Crippen LogP contribution is -2.03. The van der Waals surface area contributed by atoms with Gasteiger partial charge in [0.2, 0.25) is 0 Å². The van der Waals surface area contributed by atoms with Crippen LogP contribution >= 0.6 is 6.72 Å². The van der Waals surface area contributed by atoms with Gasteiger partial charge in [-0.15, -0.1) is 0 Å². The molecule has 0 aromatic carbocycles. The molecule has 0 heterocycles. The average Bonchev–Trinajstić information content (AvgIpc) is 2.30. The second-order valence-electron chi connectivity index (χ2n) is 5.01. The summed E-state index contributed by atoms with van der Waals surface area (Å²) in [5.41, 5.74) is 0. The molecule has 0 saturated heterocycles. The van der Waals surface area contributed by atoms with Crippen molar-refractivity contribution in [3.63, 3.8) is 0 Å². The maximum Gasteiger partial charge on any atom is 0.324 e. The predicted molar refractivity (Wildman–Crippen MR) is 82.7 cm³/mol. The van der Waals surface area contributed by atoms with E-state index in [1.807, 2.05) is 13.8 Å². The highest BCUT2D eigenvalue weighted by atomic mass is 32.5. The van der Waals surface area contributed by atoms with Crippen molar-refractivity contribution in [1.82, 2.24) is 0 Å². The number of hydrogen-bond acceptors (Lipinski definition) is 4. The zero-order valence-corrected chi connectivity index (χ0v) is 13.9. The van der Waals surface area contributed by atoms with Gasteiger partial charge in [0.15, 0.2) is 0 Å². The minimum atomic E-state index is -3.01. The average molecular weight is 312 g/mol. The van der Waals surface area contributed by atoms with E-state index >= 15 is 0 Å². The summed E-state index contributed by atoms with van der Waals surface area (Å²) in [7, 11) is 0. The van der Waals surface area contributed by atoms with E-state index < -0.39 is 6.72 Å². The van der Waals surface area contributed by atoms with Gasteiger partial charge in [0.1, 0.15) is 0 Å². The fraction of sp³-hybridized carbons (Fsp3) is 1.00. The predicted octanol–water partition coefficient (Wildman–Crippen LogP) is 3.76. The van der Waals surface area contributed by atoms with Gasteiger partial charge in [-0.3, -0.25) is 0 Å². The van der Waals surface area contributed by atoms with E-state index in [1.165, 1.54) is 25.7 Å². The Balaban J connectivity index is 3.29. The summed E-state index contributed by atoms with van der Waals surface area (Å²) in [6, 6.07) is 0. The third kappa shape index (κ3) is 14.7. The van der Waals surface area contributed by atoms with Crippen LogP contribution in [0.4, 0.5) is 0 Å². The number of aliphatic hydroxyl groups excluding tert-OH is 1. The molecule has 6 heteroatoms. The molecule has 0 saturated carbocycles. The van der Waals surface area contributed by atoms with Crippen LogP contribution in [0.2, 0.25) is 0 Å². The summed E-state index contributed by atoms with van der Waals surface area (Å²) in [5, 5.41) is 8.64. The fourth-order valence-electron chi connectivity index (χ4n) is 1.75. The Bertz CT molecular complexity index is 249. The molecule has 0 aliphatic heterocycles. The highest BCUT2D eigenvalue weighted by molar-refractivity contribution is 8.07. The lowest BCUT2D eigenvalue weighted by atomic mass is 10.1. The van der Waals surface area contributed by atoms with Gasteiger partial charge in [0, 0.05) is 6.61 Å². The van der Waals surface area contributed by atoms with E-state index in [4.69, 9.17) is 26.0 Å². The molecule has 0 rings (SSSR count). The van der Waals surface area contributed by atoms with Crippen LogP contribution in [0.15, 0.2) is 0 Å². The van der Waals surface area contributed by atoms with Gasteiger partial charge in [0.05, 0.1) is 12.7 Å². The molecule has 0 bridgehead atoms. The summed E-state index contributed by atoms with van der Waals surface area (Å²) < 4.78 is 10.4. The first-order valence-corrected chi connectivity index (χ1v) is 9.83. The summed E-state index contributed by atoms with van der Waals surface area (Å²) in [5.74, 6) is 0. The highest BCUT2D eigenvalue weighted by Crippen LogP contribution is 2.44. The third-order valence-corrected chi connectivity index (χ3v) is 4.42. The highest BCUT2D eigenvalue weighted by Gasteiger charge is 2.16. The van der Waals surface area contributed by atoms with Crippen LogP contribution in [0.1, 0.15) is 65.2 Å². The second kappa shape index (κ2) is 12.2. The van der Waals surface area contributed by atoms with E-state index in [2.05, 4.69) is 0 Å². The molecule has 1 atom stereocenters. The van der Waals surface area contributed by atoms with Crippen molar-refractivity contribution in [3.8, 4) is 0 Å². The first kappa shape index (κ1) is 19.5. The molecular formula is C13H29O4PS. The fourth-order valence-corrected chi connectivity index (χ4v) is 3.44. The number of unbranched alkanes of at least 4 members (excludes halogenated alkanes) is 7. The number of rotatable bonds is 13. The van der Waals surface area contributed by atoms with E-state index in [1.54, 1.807) is 0 Å². The molecule has 0 radical (unpaired) electrons. The summed E-state index contributed by atoms with van der Waals surface area (Å²) in [4.78, 5) is 9.67. The van der Waals surface area contributed by atoms with E-state index in [0.29, 0.717) is 13.2 Å². The third-order valence-electron chi connectivity index (χ3n) is 2.65. The van der Waals surface area contributed by atoms with Crippen LogP contribution in [-0.4, -0.2) is 29.3 Å². The smallest absolute Gasteiger partial charge is 0.324 e. The molecule has 0 aromatic heterocycles. The molecule has 0 spiro atoms. The standard InChI is InChI=1S/C13H29O4PS/c1-13(2)17-18(15,19)16-12-10-8-6-4-3-5-7-9-11-14/h13-14H,3-12H2,1-2H3,(H,15,19). The number of hydrogen-bond donors (Lipinski definition) is 2. The minimum absolute atomic E-state index is 0.102. The SMILES string of the molecule is CC(C)OP(O)(=S)OCCCCCCCCCCO. The van der Waals surface area contributed by atoms with Crippen molar-refractivity contribution in [2.75, 3.05) is 13.2 Å². The molecular weight excluding hydrogens is 283 g/mol. The van der Waals surface area contributed by atoms with Crippen molar-refractivity contribution in [1.29, 1.82) is 0 Å². The van der Waals surface area contributed by atoms with Gasteiger partial charge < -0.3 is 19.0 Å². The molecule has 0 aliphatic carbocycles. The van der Waals surface area contributed by atoms with E-state index in [0.717, 1.165) is 25.7 Å². The van der Waals surface area contributed by atoms with Crippen molar-refractivity contribution in [2.24, 2.45) is 0 Å². The first-order valence-electron chi connectivity index (χ1n) is 7.24. The van der Waals surface area contributed by atoms with Gasteiger partial charge in [-0.1, -0.05) is 38.5 Å². The maximum absolute atomic E-state index is 9.67. The minimum Gasteiger partial charge on any atom is -0.396 e. The van der Waals surface area contributed by atoms with Crippen molar-refractivity contribution in [2.45, 2.75) is 71.3 Å². The Morgan fingerprint density at radius 1 is 0.947 bits per heavy atom. The first-order chi connectivity index (χ1) is 8.98. The van der Waals surface area contributed by atoms with Crippen molar-refractivity contribution < 1.29 is 19.0 Å². The molecule has 0 aliphatic rings. The van der Waals surface area contributed by atoms with Crippen LogP contribution in [0.25, 0.3) is 0 Å². The normalized spacial score (nSPS) is 14.8. The Hall–Kier alpha value is 0.490. The van der Waals surface area contributed by atoms with Gasteiger partial charge >= 0.3 is 6.72 Å². The van der Waals surface area contributed by atoms with E-state index in [-0.39, 0.29) is 6.10 Å². The quantitative estimate of drug-likeness (QED) is 0.400. The van der Waals surface area contributed by atoms with Crippen LogP contribution in [-0.2, 0) is 20.9 Å². The Morgan fingerprint density at radius 2 is 1.42 bits per heavy atom. The molecule has 116 valence electrons. The maximum atomic E-state index is 9.67. The lowest BCUT2D eigenvalue weighted by Gasteiger charge is -2.17. The molecule has 1 unspecified atom stereocenters. The summed E-state index contributed by atoms with van der Waals surface area (Å²) in [6.07, 6.45) is 8.79. The van der Waals surface area contributed by atoms with Crippen LogP contribution in [0, 0.1) is 0 Å². The molecule has 19 heavy (non-hydrogen) atoms. The van der Waals surface area contributed by atoms with E-state index in [9.17, 15) is 4.89 Å². The molecule has 0 amide bonds. The lowest BCUT2D eigenvalue weighted by molar-refractivity contribution is 0.160. The van der Waals surface area contributed by atoms with Gasteiger partial charge in [0.25, 0.3) is 0 Å².